The maximum atomic E-state index is 12.7. The second kappa shape index (κ2) is 7.85. The highest BCUT2D eigenvalue weighted by Gasteiger charge is 2.28. The second-order valence-corrected chi connectivity index (χ2v) is 7.13. The molecule has 1 aliphatic heterocycles. The number of piperidine rings is 1. The van der Waals surface area contributed by atoms with Crippen LogP contribution in [0.3, 0.4) is 0 Å². The van der Waals surface area contributed by atoms with Crippen molar-refractivity contribution in [2.24, 2.45) is 11.7 Å². The molecule has 1 aromatic rings. The molecule has 0 aromatic heterocycles. The van der Waals surface area contributed by atoms with Gasteiger partial charge >= 0.3 is 0 Å². The molecule has 0 aliphatic carbocycles. The predicted molar refractivity (Wildman–Crippen MR) is 89.3 cm³/mol. The van der Waals surface area contributed by atoms with E-state index in [0.717, 1.165) is 32.4 Å². The van der Waals surface area contributed by atoms with Crippen molar-refractivity contribution >= 4 is 17.7 Å². The Kier molecular flexibility index (Phi) is 6.12. The molecule has 0 bridgehead atoms. The molecule has 1 amide bonds. The van der Waals surface area contributed by atoms with E-state index >= 15 is 0 Å². The minimum Gasteiger partial charge on any atom is -0.342 e. The Morgan fingerprint density at radius 3 is 2.48 bits per heavy atom. The number of carbonyl (C=O) groups excluding carboxylic acids is 1. The van der Waals surface area contributed by atoms with Crippen molar-refractivity contribution in [1.82, 2.24) is 4.90 Å². The van der Waals surface area contributed by atoms with Crippen molar-refractivity contribution in [1.29, 1.82) is 0 Å². The Bertz CT molecular complexity index is 441. The summed E-state index contributed by atoms with van der Waals surface area (Å²) in [5.74, 6) is 0.852. The normalized spacial score (nSPS) is 19.3. The summed E-state index contributed by atoms with van der Waals surface area (Å²) < 4.78 is 0. The third-order valence-electron chi connectivity index (χ3n) is 4.26. The van der Waals surface area contributed by atoms with Crippen LogP contribution in [-0.2, 0) is 4.79 Å². The highest BCUT2D eigenvalue weighted by atomic mass is 32.2. The summed E-state index contributed by atoms with van der Waals surface area (Å²) in [5.41, 5.74) is 5.97. The van der Waals surface area contributed by atoms with Gasteiger partial charge in [0.25, 0.3) is 0 Å². The molecular weight excluding hydrogens is 280 g/mol. The van der Waals surface area contributed by atoms with E-state index < -0.39 is 0 Å². The smallest absolute Gasteiger partial charge is 0.236 e. The van der Waals surface area contributed by atoms with Crippen molar-refractivity contribution < 1.29 is 4.79 Å². The van der Waals surface area contributed by atoms with Gasteiger partial charge in [-0.2, -0.15) is 0 Å². The Hall–Kier alpha value is -1.00. The first-order chi connectivity index (χ1) is 10.1. The van der Waals surface area contributed by atoms with Gasteiger partial charge in [-0.1, -0.05) is 25.1 Å². The zero-order valence-electron chi connectivity index (χ0n) is 13.0. The molecule has 1 saturated heterocycles. The number of amides is 1. The summed E-state index contributed by atoms with van der Waals surface area (Å²) in [4.78, 5) is 15.9. The van der Waals surface area contributed by atoms with Gasteiger partial charge in [-0.3, -0.25) is 4.79 Å². The Morgan fingerprint density at radius 2 is 1.95 bits per heavy atom. The first-order valence-electron chi connectivity index (χ1n) is 7.88. The molecule has 116 valence electrons. The van der Waals surface area contributed by atoms with Crippen LogP contribution in [0.4, 0.5) is 0 Å². The molecule has 0 radical (unpaired) electrons. The fourth-order valence-corrected chi connectivity index (χ4v) is 3.88. The van der Waals surface area contributed by atoms with Gasteiger partial charge in [-0.25, -0.2) is 0 Å². The average Bonchev–Trinajstić information content (AvgIpc) is 2.53. The number of benzene rings is 1. The molecule has 1 aromatic carbocycles. The summed E-state index contributed by atoms with van der Waals surface area (Å²) in [6.07, 6.45) is 2.94. The van der Waals surface area contributed by atoms with Gasteiger partial charge in [0.1, 0.15) is 0 Å². The Morgan fingerprint density at radius 1 is 1.33 bits per heavy atom. The van der Waals surface area contributed by atoms with Crippen molar-refractivity contribution in [2.45, 2.75) is 49.3 Å². The predicted octanol–water partition coefficient (Wildman–Crippen LogP) is 3.14. The summed E-state index contributed by atoms with van der Waals surface area (Å²) in [6, 6.07) is 10.4. The van der Waals surface area contributed by atoms with Crippen LogP contribution in [0.15, 0.2) is 35.2 Å². The summed E-state index contributed by atoms with van der Waals surface area (Å²) in [5, 5.41) is 0.0271. The van der Waals surface area contributed by atoms with Crippen LogP contribution < -0.4 is 5.73 Å². The molecule has 2 atom stereocenters. The molecular formula is C17H26N2OS. The lowest BCUT2D eigenvalue weighted by Crippen LogP contribution is -2.45. The summed E-state index contributed by atoms with van der Waals surface area (Å²) in [6.45, 7) is 5.88. The molecule has 1 heterocycles. The van der Waals surface area contributed by atoms with Gasteiger partial charge in [-0.05, 0) is 44.2 Å². The van der Waals surface area contributed by atoms with Crippen LogP contribution >= 0.6 is 11.8 Å². The molecule has 2 N–H and O–H groups in total. The van der Waals surface area contributed by atoms with Crippen molar-refractivity contribution in [3.8, 4) is 0 Å². The number of nitrogens with two attached hydrogens (primary N) is 1. The van der Waals surface area contributed by atoms with Crippen LogP contribution in [0.1, 0.15) is 33.1 Å². The van der Waals surface area contributed by atoms with Crippen LogP contribution in [0.2, 0.25) is 0 Å². The molecule has 4 heteroatoms. The fourth-order valence-electron chi connectivity index (χ4n) is 2.82. The quantitative estimate of drug-likeness (QED) is 0.850. The van der Waals surface area contributed by atoms with Crippen LogP contribution in [-0.4, -0.2) is 35.2 Å². The van der Waals surface area contributed by atoms with E-state index in [4.69, 9.17) is 5.73 Å². The molecule has 1 fully saturated rings. The van der Waals surface area contributed by atoms with Gasteiger partial charge in [0.2, 0.25) is 5.91 Å². The highest BCUT2D eigenvalue weighted by Crippen LogP contribution is 2.28. The number of hydrogen-bond donors (Lipinski definition) is 1. The minimum absolute atomic E-state index is 0.0271. The van der Waals surface area contributed by atoms with E-state index in [-0.39, 0.29) is 17.2 Å². The van der Waals surface area contributed by atoms with Gasteiger partial charge in [0.15, 0.2) is 0 Å². The molecule has 0 spiro atoms. The molecule has 1 aliphatic rings. The lowest BCUT2D eigenvalue weighted by atomic mass is 9.91. The maximum absolute atomic E-state index is 12.7. The van der Waals surface area contributed by atoms with Gasteiger partial charge in [0.05, 0.1) is 5.25 Å². The SMILES string of the molecule is CCC(Sc1ccccc1)C(=O)N1CCC(C(C)N)CC1. The fraction of sp³-hybridized carbons (Fsp3) is 0.588. The van der Waals surface area contributed by atoms with Gasteiger partial charge in [0, 0.05) is 24.0 Å². The van der Waals surface area contributed by atoms with E-state index in [1.807, 2.05) is 23.1 Å². The maximum Gasteiger partial charge on any atom is 0.236 e. The second-order valence-electron chi connectivity index (χ2n) is 5.85. The molecule has 2 rings (SSSR count). The third kappa shape index (κ3) is 4.48. The minimum atomic E-state index is 0.0271. The van der Waals surface area contributed by atoms with E-state index in [0.29, 0.717) is 5.92 Å². The Labute approximate surface area is 132 Å². The third-order valence-corrected chi connectivity index (χ3v) is 5.63. The van der Waals surface area contributed by atoms with Gasteiger partial charge < -0.3 is 10.6 Å². The Balaban J connectivity index is 1.92. The van der Waals surface area contributed by atoms with E-state index in [1.165, 1.54) is 4.90 Å². The van der Waals surface area contributed by atoms with Crippen molar-refractivity contribution in [2.75, 3.05) is 13.1 Å². The number of rotatable bonds is 5. The summed E-state index contributed by atoms with van der Waals surface area (Å²) in [7, 11) is 0. The zero-order chi connectivity index (χ0) is 15.2. The number of carbonyl (C=O) groups is 1. The van der Waals surface area contributed by atoms with E-state index in [9.17, 15) is 4.79 Å². The van der Waals surface area contributed by atoms with Crippen molar-refractivity contribution in [3.63, 3.8) is 0 Å². The lowest BCUT2D eigenvalue weighted by molar-refractivity contribution is -0.132. The van der Waals surface area contributed by atoms with Gasteiger partial charge in [-0.15, -0.1) is 11.8 Å². The standard InChI is InChI=1S/C17H26N2OS/c1-3-16(21-15-7-5-4-6-8-15)17(20)19-11-9-14(10-12-19)13(2)18/h4-8,13-14,16H,3,9-12,18H2,1-2H3. The molecule has 0 saturated carbocycles. The van der Waals surface area contributed by atoms with E-state index in [2.05, 4.69) is 26.0 Å². The summed E-state index contributed by atoms with van der Waals surface area (Å²) >= 11 is 1.68. The number of thioether (sulfide) groups is 1. The first-order valence-corrected chi connectivity index (χ1v) is 8.75. The van der Waals surface area contributed by atoms with E-state index in [1.54, 1.807) is 11.8 Å². The largest absolute Gasteiger partial charge is 0.342 e. The van der Waals surface area contributed by atoms with Crippen LogP contribution in [0.25, 0.3) is 0 Å². The molecule has 2 unspecified atom stereocenters. The first kappa shape index (κ1) is 16.4. The molecule has 21 heavy (non-hydrogen) atoms. The van der Waals surface area contributed by atoms with Crippen LogP contribution in [0.5, 0.6) is 0 Å². The monoisotopic (exact) mass is 306 g/mol. The highest BCUT2D eigenvalue weighted by molar-refractivity contribution is 8.00. The zero-order valence-corrected chi connectivity index (χ0v) is 13.8. The van der Waals surface area contributed by atoms with Crippen molar-refractivity contribution in [3.05, 3.63) is 30.3 Å². The average molecular weight is 306 g/mol. The molecule has 3 nitrogen and oxygen atoms in total. The number of nitrogens with zero attached hydrogens (tertiary/aromatic N) is 1. The lowest BCUT2D eigenvalue weighted by Gasteiger charge is -2.35. The number of hydrogen-bond acceptors (Lipinski definition) is 3. The number of likely N-dealkylation sites (tertiary alicyclic amines) is 1. The van der Waals surface area contributed by atoms with Crippen LogP contribution in [0, 0.1) is 5.92 Å². The topological polar surface area (TPSA) is 46.3 Å².